The van der Waals surface area contributed by atoms with Crippen molar-refractivity contribution in [2.45, 2.75) is 63.9 Å². The lowest BCUT2D eigenvalue weighted by molar-refractivity contribution is -0.138. The highest BCUT2D eigenvalue weighted by Crippen LogP contribution is 2.24. The summed E-state index contributed by atoms with van der Waals surface area (Å²) in [6.45, 7) is 4.11. The van der Waals surface area contributed by atoms with Crippen molar-refractivity contribution in [1.29, 1.82) is 0 Å². The second kappa shape index (κ2) is 12.0. The third kappa shape index (κ3) is 7.16. The van der Waals surface area contributed by atoms with Gasteiger partial charge in [0.1, 0.15) is 6.04 Å². The summed E-state index contributed by atoms with van der Waals surface area (Å²) in [6.07, 6.45) is 4.28. The van der Waals surface area contributed by atoms with Crippen LogP contribution in [0.2, 0.25) is 10.0 Å². The van der Waals surface area contributed by atoms with Gasteiger partial charge in [-0.3, -0.25) is 9.59 Å². The lowest BCUT2D eigenvalue weighted by Gasteiger charge is -2.30. The van der Waals surface area contributed by atoms with Gasteiger partial charge < -0.3 is 10.2 Å². The van der Waals surface area contributed by atoms with E-state index in [1.54, 1.807) is 35.7 Å². The zero-order valence-electron chi connectivity index (χ0n) is 18.6. The van der Waals surface area contributed by atoms with Crippen LogP contribution in [0.25, 0.3) is 0 Å². The monoisotopic (exact) mass is 492 g/mol. The number of benzene rings is 2. The van der Waals surface area contributed by atoms with E-state index in [0.717, 1.165) is 37.0 Å². The number of nitrogens with zero attached hydrogens (tertiary/aromatic N) is 1. The molecule has 2 aromatic rings. The van der Waals surface area contributed by atoms with Crippen LogP contribution in [0.3, 0.4) is 0 Å². The minimum Gasteiger partial charge on any atom is -0.352 e. The number of carbonyl (C=O) groups is 2. The molecule has 0 heterocycles. The summed E-state index contributed by atoms with van der Waals surface area (Å²) in [7, 11) is 0. The molecule has 0 saturated heterocycles. The molecule has 1 saturated carbocycles. The molecule has 0 aliphatic heterocycles. The molecule has 1 N–H and O–H groups in total. The Balaban J connectivity index is 1.68. The molecule has 0 spiro atoms. The molecule has 7 heteroatoms. The van der Waals surface area contributed by atoms with Crippen molar-refractivity contribution in [2.75, 3.05) is 5.75 Å². The third-order valence-corrected chi connectivity index (χ3v) is 7.42. The van der Waals surface area contributed by atoms with Gasteiger partial charge in [0.25, 0.3) is 0 Å². The predicted molar refractivity (Wildman–Crippen MR) is 134 cm³/mol. The zero-order valence-corrected chi connectivity index (χ0v) is 20.9. The second-order valence-electron chi connectivity index (χ2n) is 8.40. The van der Waals surface area contributed by atoms with Gasteiger partial charge in [0.05, 0.1) is 5.75 Å². The van der Waals surface area contributed by atoms with Gasteiger partial charge >= 0.3 is 0 Å². The first-order chi connectivity index (χ1) is 15.3. The molecule has 1 aliphatic carbocycles. The van der Waals surface area contributed by atoms with Gasteiger partial charge in [-0.15, -0.1) is 11.8 Å². The van der Waals surface area contributed by atoms with E-state index in [1.165, 1.54) is 11.1 Å². The van der Waals surface area contributed by atoms with Crippen LogP contribution in [0.15, 0.2) is 42.5 Å². The number of carbonyl (C=O) groups excluding carboxylic acids is 2. The molecule has 0 aromatic heterocycles. The summed E-state index contributed by atoms with van der Waals surface area (Å²) in [5.74, 6) is 0.839. The third-order valence-electron chi connectivity index (χ3n) is 5.84. The SMILES string of the molecule is Cc1ccc(CSCC(=O)N(Cc2ccc(Cl)cc2Cl)[C@@H](C)C(=O)NC2CCCC2)cc1. The van der Waals surface area contributed by atoms with Crippen molar-refractivity contribution in [3.05, 3.63) is 69.2 Å². The van der Waals surface area contributed by atoms with Crippen molar-refractivity contribution >= 4 is 46.8 Å². The molecular formula is C25H30Cl2N2O2S. The Hall–Kier alpha value is -1.69. The normalized spacial score (nSPS) is 14.9. The summed E-state index contributed by atoms with van der Waals surface area (Å²) in [5.41, 5.74) is 3.16. The van der Waals surface area contributed by atoms with Crippen molar-refractivity contribution in [1.82, 2.24) is 10.2 Å². The molecule has 0 radical (unpaired) electrons. The van der Waals surface area contributed by atoms with Crippen LogP contribution in [-0.4, -0.2) is 34.6 Å². The fraction of sp³-hybridized carbons (Fsp3) is 0.440. The molecule has 0 unspecified atom stereocenters. The molecule has 2 aromatic carbocycles. The summed E-state index contributed by atoms with van der Waals surface area (Å²) in [5, 5.41) is 4.15. The minimum atomic E-state index is -0.588. The van der Waals surface area contributed by atoms with Crippen LogP contribution in [0.1, 0.15) is 49.3 Å². The van der Waals surface area contributed by atoms with E-state index in [9.17, 15) is 9.59 Å². The van der Waals surface area contributed by atoms with Crippen LogP contribution in [0.4, 0.5) is 0 Å². The smallest absolute Gasteiger partial charge is 0.242 e. The Kier molecular flexibility index (Phi) is 9.33. The largest absolute Gasteiger partial charge is 0.352 e. The number of nitrogens with one attached hydrogen (secondary N) is 1. The van der Waals surface area contributed by atoms with E-state index in [4.69, 9.17) is 23.2 Å². The number of amides is 2. The first kappa shape index (κ1) is 24.9. The van der Waals surface area contributed by atoms with Gasteiger partial charge in [0.15, 0.2) is 0 Å². The van der Waals surface area contributed by atoms with E-state index in [0.29, 0.717) is 15.8 Å². The Bertz CT molecular complexity index is 930. The van der Waals surface area contributed by atoms with Crippen LogP contribution in [0.5, 0.6) is 0 Å². The molecule has 0 bridgehead atoms. The van der Waals surface area contributed by atoms with Crippen LogP contribution < -0.4 is 5.32 Å². The summed E-state index contributed by atoms with van der Waals surface area (Å²) in [4.78, 5) is 27.8. The molecule has 32 heavy (non-hydrogen) atoms. The average Bonchev–Trinajstić information content (AvgIpc) is 3.27. The number of hydrogen-bond acceptors (Lipinski definition) is 3. The van der Waals surface area contributed by atoms with Gasteiger partial charge in [0, 0.05) is 28.4 Å². The topological polar surface area (TPSA) is 49.4 Å². The van der Waals surface area contributed by atoms with E-state index in [-0.39, 0.29) is 24.4 Å². The summed E-state index contributed by atoms with van der Waals surface area (Å²) < 4.78 is 0. The van der Waals surface area contributed by atoms with E-state index in [1.807, 2.05) is 6.07 Å². The Morgan fingerprint density at radius 1 is 1.12 bits per heavy atom. The standard InChI is InChI=1S/C25H30Cl2N2O2S/c1-17-7-9-19(10-8-17)15-32-16-24(30)29(14-20-11-12-21(26)13-23(20)27)18(2)25(31)28-22-5-3-4-6-22/h7-13,18,22H,3-6,14-16H2,1-2H3,(H,28,31)/t18-/m0/s1. The highest BCUT2D eigenvalue weighted by Gasteiger charge is 2.28. The fourth-order valence-corrected chi connectivity index (χ4v) is 5.17. The highest BCUT2D eigenvalue weighted by atomic mass is 35.5. The van der Waals surface area contributed by atoms with Gasteiger partial charge in [-0.2, -0.15) is 0 Å². The number of hydrogen-bond donors (Lipinski definition) is 1. The number of rotatable bonds is 9. The van der Waals surface area contributed by atoms with Gasteiger partial charge in [-0.1, -0.05) is 71.9 Å². The maximum absolute atomic E-state index is 13.2. The van der Waals surface area contributed by atoms with Gasteiger partial charge in [0.2, 0.25) is 11.8 Å². The maximum atomic E-state index is 13.2. The number of halogens is 2. The first-order valence-corrected chi connectivity index (χ1v) is 12.9. The Morgan fingerprint density at radius 2 is 1.81 bits per heavy atom. The quantitative estimate of drug-likeness (QED) is 0.466. The molecule has 1 aliphatic rings. The molecule has 1 atom stereocenters. The molecule has 3 rings (SSSR count). The van der Waals surface area contributed by atoms with E-state index >= 15 is 0 Å². The highest BCUT2D eigenvalue weighted by molar-refractivity contribution is 7.99. The van der Waals surface area contributed by atoms with Crippen molar-refractivity contribution in [3.63, 3.8) is 0 Å². The van der Waals surface area contributed by atoms with Crippen LogP contribution >= 0.6 is 35.0 Å². The zero-order chi connectivity index (χ0) is 23.1. The first-order valence-electron chi connectivity index (χ1n) is 11.0. The van der Waals surface area contributed by atoms with E-state index < -0.39 is 6.04 Å². The molecule has 2 amide bonds. The number of thioether (sulfide) groups is 1. The predicted octanol–water partition coefficient (Wildman–Crippen LogP) is 6.01. The lowest BCUT2D eigenvalue weighted by Crippen LogP contribution is -2.50. The van der Waals surface area contributed by atoms with Gasteiger partial charge in [-0.05, 0) is 49.9 Å². The molecule has 4 nitrogen and oxygen atoms in total. The van der Waals surface area contributed by atoms with Crippen molar-refractivity contribution in [2.24, 2.45) is 0 Å². The van der Waals surface area contributed by atoms with Crippen LogP contribution in [-0.2, 0) is 21.9 Å². The Labute approximate surface area is 205 Å². The van der Waals surface area contributed by atoms with Crippen molar-refractivity contribution < 1.29 is 9.59 Å². The van der Waals surface area contributed by atoms with E-state index in [2.05, 4.69) is 36.5 Å². The summed E-state index contributed by atoms with van der Waals surface area (Å²) in [6, 6.07) is 13.1. The van der Waals surface area contributed by atoms with Crippen LogP contribution in [0, 0.1) is 6.92 Å². The Morgan fingerprint density at radius 3 is 2.47 bits per heavy atom. The van der Waals surface area contributed by atoms with Crippen molar-refractivity contribution in [3.8, 4) is 0 Å². The second-order valence-corrected chi connectivity index (χ2v) is 10.2. The number of aryl methyl sites for hydroxylation is 1. The summed E-state index contributed by atoms with van der Waals surface area (Å²) >= 11 is 13.9. The van der Waals surface area contributed by atoms with Gasteiger partial charge in [-0.25, -0.2) is 0 Å². The average molecular weight is 494 g/mol. The molecular weight excluding hydrogens is 463 g/mol. The minimum absolute atomic E-state index is 0.0813. The molecule has 1 fully saturated rings. The fourth-order valence-electron chi connectivity index (χ4n) is 3.83. The maximum Gasteiger partial charge on any atom is 0.242 e. The lowest BCUT2D eigenvalue weighted by atomic mass is 10.1. The molecule has 172 valence electrons.